The smallest absolute Gasteiger partial charge is 0.264 e. The number of methoxy groups -OCH3 is 3. The summed E-state index contributed by atoms with van der Waals surface area (Å²) in [5, 5.41) is 3.03. The van der Waals surface area contributed by atoms with Gasteiger partial charge in [0.1, 0.15) is 18.3 Å². The van der Waals surface area contributed by atoms with Crippen LogP contribution in [-0.4, -0.2) is 64.6 Å². The van der Waals surface area contributed by atoms with Gasteiger partial charge in [-0.1, -0.05) is 60.7 Å². The first-order chi connectivity index (χ1) is 22.9. The Hall–Kier alpha value is -5.03. The Balaban J connectivity index is 1.86. The van der Waals surface area contributed by atoms with Gasteiger partial charge in [0.2, 0.25) is 11.8 Å². The van der Waals surface area contributed by atoms with Crippen molar-refractivity contribution in [2.75, 3.05) is 32.2 Å². The van der Waals surface area contributed by atoms with Crippen molar-refractivity contribution >= 4 is 27.5 Å². The highest BCUT2D eigenvalue weighted by Gasteiger charge is 2.36. The fourth-order valence-corrected chi connectivity index (χ4v) is 6.63. The molecule has 2 amide bonds. The van der Waals surface area contributed by atoms with Crippen LogP contribution in [0.15, 0.2) is 108 Å². The number of sulfonamides is 1. The van der Waals surface area contributed by atoms with Crippen LogP contribution in [0.25, 0.3) is 0 Å². The normalized spacial score (nSPS) is 12.0. The van der Waals surface area contributed by atoms with E-state index < -0.39 is 34.1 Å². The summed E-state index contributed by atoms with van der Waals surface area (Å²) in [5.41, 5.74) is 1.13. The number of hydrogen-bond donors (Lipinski definition) is 1. The first-order valence-corrected chi connectivity index (χ1v) is 16.9. The van der Waals surface area contributed by atoms with E-state index >= 15 is 0 Å². The summed E-state index contributed by atoms with van der Waals surface area (Å²) in [6, 6.07) is 28.1. The SMILES string of the molecule is COc1cccc(CN(C(=O)CN(c2ccc(OC)c(OC)c2)S(=O)(=O)c2ccccc2)C(Cc2ccccc2)C(=O)NC(C)(C)C)c1. The molecular formula is C37H43N3O7S. The third-order valence-electron chi connectivity index (χ3n) is 7.52. The molecule has 0 saturated heterocycles. The van der Waals surface area contributed by atoms with E-state index in [0.29, 0.717) is 17.1 Å². The van der Waals surface area contributed by atoms with Gasteiger partial charge in [-0.15, -0.1) is 0 Å². The van der Waals surface area contributed by atoms with Crippen LogP contribution in [0.2, 0.25) is 0 Å². The summed E-state index contributed by atoms with van der Waals surface area (Å²) < 4.78 is 45.8. The Labute approximate surface area is 283 Å². The van der Waals surface area contributed by atoms with Gasteiger partial charge in [0, 0.05) is 24.6 Å². The van der Waals surface area contributed by atoms with E-state index in [4.69, 9.17) is 14.2 Å². The number of benzene rings is 4. The second-order valence-electron chi connectivity index (χ2n) is 12.2. The first kappa shape index (κ1) is 35.8. The monoisotopic (exact) mass is 673 g/mol. The Kier molecular flexibility index (Phi) is 11.7. The molecule has 1 atom stereocenters. The predicted molar refractivity (Wildman–Crippen MR) is 186 cm³/mol. The molecule has 0 aliphatic rings. The molecule has 0 heterocycles. The molecule has 0 saturated carbocycles. The lowest BCUT2D eigenvalue weighted by Gasteiger charge is -2.35. The fraction of sp³-hybridized carbons (Fsp3) is 0.297. The molecule has 0 aromatic heterocycles. The van der Waals surface area contributed by atoms with Gasteiger partial charge in [-0.25, -0.2) is 8.42 Å². The third kappa shape index (κ3) is 9.07. The van der Waals surface area contributed by atoms with Crippen molar-refractivity contribution in [1.29, 1.82) is 0 Å². The van der Waals surface area contributed by atoms with Gasteiger partial charge in [0.15, 0.2) is 11.5 Å². The minimum absolute atomic E-state index is 0.00163. The number of nitrogens with one attached hydrogen (secondary N) is 1. The second-order valence-corrected chi connectivity index (χ2v) is 14.0. The molecule has 4 aromatic carbocycles. The molecule has 0 fully saturated rings. The Morgan fingerprint density at radius 1 is 0.750 bits per heavy atom. The van der Waals surface area contributed by atoms with E-state index in [2.05, 4.69) is 5.32 Å². The first-order valence-electron chi connectivity index (χ1n) is 15.4. The van der Waals surface area contributed by atoms with E-state index in [1.807, 2.05) is 57.2 Å². The lowest BCUT2D eigenvalue weighted by molar-refractivity contribution is -0.140. The highest BCUT2D eigenvalue weighted by Crippen LogP contribution is 2.34. The predicted octanol–water partition coefficient (Wildman–Crippen LogP) is 5.46. The van der Waals surface area contributed by atoms with Gasteiger partial charge in [-0.3, -0.25) is 13.9 Å². The van der Waals surface area contributed by atoms with Crippen molar-refractivity contribution in [3.63, 3.8) is 0 Å². The molecule has 4 rings (SSSR count). The molecule has 0 radical (unpaired) electrons. The van der Waals surface area contributed by atoms with Gasteiger partial charge in [-0.05, 0) is 68.3 Å². The molecular weight excluding hydrogens is 630 g/mol. The van der Waals surface area contributed by atoms with Crippen LogP contribution in [0.3, 0.4) is 0 Å². The topological polar surface area (TPSA) is 114 Å². The average Bonchev–Trinajstić information content (AvgIpc) is 3.08. The minimum Gasteiger partial charge on any atom is -0.497 e. The second kappa shape index (κ2) is 15.7. The number of carbonyl (C=O) groups is 2. The van der Waals surface area contributed by atoms with Gasteiger partial charge in [-0.2, -0.15) is 0 Å². The van der Waals surface area contributed by atoms with Crippen LogP contribution in [0, 0.1) is 0 Å². The largest absolute Gasteiger partial charge is 0.497 e. The van der Waals surface area contributed by atoms with Crippen molar-refractivity contribution in [2.45, 2.75) is 50.2 Å². The number of nitrogens with zero attached hydrogens (tertiary/aromatic N) is 2. The van der Waals surface area contributed by atoms with Crippen LogP contribution in [0.1, 0.15) is 31.9 Å². The molecule has 4 aromatic rings. The highest BCUT2D eigenvalue weighted by molar-refractivity contribution is 7.92. The Morgan fingerprint density at radius 3 is 1.98 bits per heavy atom. The molecule has 1 N–H and O–H groups in total. The van der Waals surface area contributed by atoms with Crippen molar-refractivity contribution < 1.29 is 32.2 Å². The van der Waals surface area contributed by atoms with E-state index in [1.165, 1.54) is 37.3 Å². The summed E-state index contributed by atoms with van der Waals surface area (Å²) in [4.78, 5) is 30.2. The number of rotatable bonds is 14. The van der Waals surface area contributed by atoms with E-state index in [1.54, 1.807) is 55.6 Å². The maximum Gasteiger partial charge on any atom is 0.264 e. The van der Waals surface area contributed by atoms with Crippen LogP contribution in [0.5, 0.6) is 17.2 Å². The maximum atomic E-state index is 14.7. The van der Waals surface area contributed by atoms with Crippen LogP contribution in [-0.2, 0) is 32.6 Å². The summed E-state index contributed by atoms with van der Waals surface area (Å²) in [7, 11) is 0.195. The van der Waals surface area contributed by atoms with E-state index in [-0.39, 0.29) is 35.2 Å². The van der Waals surface area contributed by atoms with E-state index in [0.717, 1.165) is 9.87 Å². The van der Waals surface area contributed by atoms with Crippen molar-refractivity contribution in [3.8, 4) is 17.2 Å². The molecule has 0 aliphatic carbocycles. The summed E-state index contributed by atoms with van der Waals surface area (Å²) in [6.07, 6.45) is 0.195. The number of amides is 2. The quantitative estimate of drug-likeness (QED) is 0.189. The Morgan fingerprint density at radius 2 is 1.38 bits per heavy atom. The molecule has 0 bridgehead atoms. The molecule has 48 heavy (non-hydrogen) atoms. The van der Waals surface area contributed by atoms with Gasteiger partial charge in [0.25, 0.3) is 10.0 Å². The minimum atomic E-state index is -4.28. The third-order valence-corrected chi connectivity index (χ3v) is 9.31. The zero-order valence-corrected chi connectivity index (χ0v) is 29.0. The number of ether oxygens (including phenoxy) is 3. The molecule has 1 unspecified atom stereocenters. The number of hydrogen-bond acceptors (Lipinski definition) is 7. The Bertz CT molecular complexity index is 1790. The van der Waals surface area contributed by atoms with Crippen molar-refractivity contribution in [1.82, 2.24) is 10.2 Å². The summed E-state index contributed by atoms with van der Waals surface area (Å²) in [5.74, 6) is 0.307. The number of anilines is 1. The number of carbonyl (C=O) groups excluding carboxylic acids is 2. The molecule has 254 valence electrons. The molecule has 10 nitrogen and oxygen atoms in total. The summed E-state index contributed by atoms with van der Waals surface area (Å²) >= 11 is 0. The van der Waals surface area contributed by atoms with Gasteiger partial charge in [0.05, 0.1) is 31.9 Å². The lowest BCUT2D eigenvalue weighted by Crippen LogP contribution is -2.56. The summed E-state index contributed by atoms with van der Waals surface area (Å²) in [6.45, 7) is 5.00. The lowest BCUT2D eigenvalue weighted by atomic mass is 10.0. The highest BCUT2D eigenvalue weighted by atomic mass is 32.2. The zero-order chi connectivity index (χ0) is 34.9. The molecule has 11 heteroatoms. The fourth-order valence-electron chi connectivity index (χ4n) is 5.20. The average molecular weight is 674 g/mol. The van der Waals surface area contributed by atoms with Gasteiger partial charge >= 0.3 is 0 Å². The molecule has 0 spiro atoms. The zero-order valence-electron chi connectivity index (χ0n) is 28.2. The van der Waals surface area contributed by atoms with Crippen LogP contribution in [0.4, 0.5) is 5.69 Å². The van der Waals surface area contributed by atoms with Gasteiger partial charge < -0.3 is 24.4 Å². The van der Waals surface area contributed by atoms with Crippen LogP contribution >= 0.6 is 0 Å². The van der Waals surface area contributed by atoms with Crippen molar-refractivity contribution in [3.05, 3.63) is 114 Å². The maximum absolute atomic E-state index is 14.7. The molecule has 0 aliphatic heterocycles. The van der Waals surface area contributed by atoms with Crippen LogP contribution < -0.4 is 23.8 Å². The standard InChI is InChI=1S/C37H43N3O7S/c1-37(2,3)38-36(42)32(23-27-14-9-7-10-15-27)39(25-28-16-13-17-30(22-28)45-4)35(41)26-40(48(43,44)31-18-11-8-12-19-31)29-20-21-33(46-5)34(24-29)47-6/h7-22,24,32H,23,25-26H2,1-6H3,(H,38,42). The van der Waals surface area contributed by atoms with Crippen molar-refractivity contribution in [2.24, 2.45) is 0 Å². The van der Waals surface area contributed by atoms with E-state index in [9.17, 15) is 18.0 Å².